The van der Waals surface area contributed by atoms with Crippen molar-refractivity contribution in [2.45, 2.75) is 0 Å². The molecule has 2 aromatic carbocycles. The third kappa shape index (κ3) is 7.05. The minimum Gasteiger partial charge on any atom is -0.351 e. The molecule has 1 fully saturated rings. The number of benzene rings is 2. The highest BCUT2D eigenvalue weighted by Crippen LogP contribution is 2.05. The highest BCUT2D eigenvalue weighted by Gasteiger charge is 2.19. The first-order valence-electron chi connectivity index (χ1n) is 9.96. The Morgan fingerprint density at radius 2 is 1.34 bits per heavy atom. The van der Waals surface area contributed by atoms with Gasteiger partial charge >= 0.3 is 0 Å². The van der Waals surface area contributed by atoms with Crippen molar-refractivity contribution in [1.82, 2.24) is 15.1 Å². The summed E-state index contributed by atoms with van der Waals surface area (Å²) in [7, 11) is 0. The van der Waals surface area contributed by atoms with E-state index < -0.39 is 0 Å². The van der Waals surface area contributed by atoms with E-state index in [1.54, 1.807) is 12.2 Å². The molecule has 150 valence electrons. The van der Waals surface area contributed by atoms with Gasteiger partial charge in [0, 0.05) is 51.4 Å². The zero-order valence-corrected chi connectivity index (χ0v) is 16.5. The number of nitrogens with zero attached hydrogens (tertiary/aromatic N) is 2. The maximum Gasteiger partial charge on any atom is 0.246 e. The zero-order chi connectivity index (χ0) is 20.3. The van der Waals surface area contributed by atoms with Crippen LogP contribution in [0.1, 0.15) is 11.1 Å². The molecular weight excluding hydrogens is 362 g/mol. The van der Waals surface area contributed by atoms with Crippen LogP contribution >= 0.6 is 0 Å². The number of piperazine rings is 1. The van der Waals surface area contributed by atoms with Crippen molar-refractivity contribution in [2.75, 3.05) is 39.3 Å². The Kier molecular flexibility index (Phi) is 7.78. The van der Waals surface area contributed by atoms with Gasteiger partial charge in [-0.15, -0.1) is 0 Å². The molecule has 5 heteroatoms. The summed E-state index contributed by atoms with van der Waals surface area (Å²) < 4.78 is 0. The molecule has 0 aromatic heterocycles. The van der Waals surface area contributed by atoms with Gasteiger partial charge in [-0.3, -0.25) is 14.5 Å². The molecule has 3 rings (SSSR count). The third-order valence-electron chi connectivity index (χ3n) is 4.86. The smallest absolute Gasteiger partial charge is 0.246 e. The minimum absolute atomic E-state index is 0.0489. The van der Waals surface area contributed by atoms with Crippen LogP contribution in [0.2, 0.25) is 0 Å². The number of hydrogen-bond donors (Lipinski definition) is 1. The molecule has 29 heavy (non-hydrogen) atoms. The second-order valence-corrected chi connectivity index (χ2v) is 6.95. The van der Waals surface area contributed by atoms with Crippen LogP contribution in [0.5, 0.6) is 0 Å². The summed E-state index contributed by atoms with van der Waals surface area (Å²) in [6, 6.07) is 19.6. The maximum absolute atomic E-state index is 12.3. The molecule has 0 spiro atoms. The average Bonchev–Trinajstić information content (AvgIpc) is 2.78. The van der Waals surface area contributed by atoms with Gasteiger partial charge in [-0.1, -0.05) is 60.7 Å². The largest absolute Gasteiger partial charge is 0.351 e. The summed E-state index contributed by atoms with van der Waals surface area (Å²) >= 11 is 0. The molecular formula is C24H27N3O2. The van der Waals surface area contributed by atoms with E-state index in [-0.39, 0.29) is 11.8 Å². The molecule has 0 aliphatic carbocycles. The molecule has 5 nitrogen and oxygen atoms in total. The lowest BCUT2D eigenvalue weighted by Crippen LogP contribution is -2.49. The number of carbonyl (C=O) groups excluding carboxylic acids is 2. The fraction of sp³-hybridized carbons (Fsp3) is 0.250. The molecule has 0 radical (unpaired) electrons. The Morgan fingerprint density at radius 1 is 0.793 bits per heavy atom. The topological polar surface area (TPSA) is 52.7 Å². The number of hydrogen-bond acceptors (Lipinski definition) is 3. The van der Waals surface area contributed by atoms with Crippen molar-refractivity contribution >= 4 is 24.0 Å². The molecule has 0 bridgehead atoms. The van der Waals surface area contributed by atoms with Crippen LogP contribution in [0.4, 0.5) is 0 Å². The van der Waals surface area contributed by atoms with E-state index in [0.29, 0.717) is 19.6 Å². The van der Waals surface area contributed by atoms with Crippen LogP contribution in [0.15, 0.2) is 72.8 Å². The van der Waals surface area contributed by atoms with Gasteiger partial charge in [0.1, 0.15) is 0 Å². The first-order chi connectivity index (χ1) is 14.2. The molecule has 0 unspecified atom stereocenters. The normalized spacial score (nSPS) is 15.1. The Bertz CT molecular complexity index is 836. The van der Waals surface area contributed by atoms with E-state index in [1.807, 2.05) is 77.7 Å². The molecule has 2 amide bonds. The Balaban J connectivity index is 1.33. The van der Waals surface area contributed by atoms with Crippen LogP contribution in [-0.4, -0.2) is 60.9 Å². The first-order valence-corrected chi connectivity index (χ1v) is 9.96. The van der Waals surface area contributed by atoms with Gasteiger partial charge in [0.2, 0.25) is 11.8 Å². The monoisotopic (exact) mass is 389 g/mol. The Morgan fingerprint density at radius 3 is 1.93 bits per heavy atom. The van der Waals surface area contributed by atoms with Gasteiger partial charge in [0.05, 0.1) is 0 Å². The van der Waals surface area contributed by atoms with Crippen LogP contribution in [-0.2, 0) is 9.59 Å². The summed E-state index contributed by atoms with van der Waals surface area (Å²) in [4.78, 5) is 28.4. The summed E-state index contributed by atoms with van der Waals surface area (Å²) in [6.45, 7) is 4.44. The summed E-state index contributed by atoms with van der Waals surface area (Å²) in [5, 5.41) is 2.91. The van der Waals surface area contributed by atoms with Crippen molar-refractivity contribution < 1.29 is 9.59 Å². The molecule has 1 N–H and O–H groups in total. The van der Waals surface area contributed by atoms with Gasteiger partial charge in [-0.25, -0.2) is 0 Å². The van der Waals surface area contributed by atoms with E-state index in [1.165, 1.54) is 0 Å². The van der Waals surface area contributed by atoms with Crippen LogP contribution in [0.3, 0.4) is 0 Å². The molecule has 1 aliphatic heterocycles. The van der Waals surface area contributed by atoms with Crippen LogP contribution in [0, 0.1) is 0 Å². The maximum atomic E-state index is 12.3. The van der Waals surface area contributed by atoms with E-state index in [4.69, 9.17) is 0 Å². The van der Waals surface area contributed by atoms with Gasteiger partial charge in [0.25, 0.3) is 0 Å². The van der Waals surface area contributed by atoms with Crippen molar-refractivity contribution in [3.63, 3.8) is 0 Å². The lowest BCUT2D eigenvalue weighted by molar-refractivity contribution is -0.127. The SMILES string of the molecule is O=C(/C=C/c1ccccc1)NCCN1CCN(C(=O)/C=C/c2ccccc2)CC1. The quantitative estimate of drug-likeness (QED) is 0.741. The summed E-state index contributed by atoms with van der Waals surface area (Å²) in [6.07, 6.45) is 6.87. The van der Waals surface area contributed by atoms with Crippen molar-refractivity contribution in [3.8, 4) is 0 Å². The Hall–Kier alpha value is -3.18. The molecule has 2 aromatic rings. The average molecular weight is 389 g/mol. The second kappa shape index (κ2) is 11.0. The molecule has 1 aliphatic rings. The standard InChI is InChI=1S/C24H27N3O2/c28-23(13-11-21-7-3-1-4-8-21)25-15-16-26-17-19-27(20-18-26)24(29)14-12-22-9-5-2-6-10-22/h1-14H,15-20H2,(H,25,28)/b13-11+,14-12+. The van der Waals surface area contributed by atoms with Gasteiger partial charge in [-0.05, 0) is 23.3 Å². The number of carbonyl (C=O) groups is 2. The molecule has 1 heterocycles. The molecule has 0 saturated carbocycles. The second-order valence-electron chi connectivity index (χ2n) is 6.95. The Labute approximate surface area is 172 Å². The minimum atomic E-state index is -0.0892. The van der Waals surface area contributed by atoms with E-state index in [0.717, 1.165) is 30.8 Å². The highest BCUT2D eigenvalue weighted by molar-refractivity contribution is 5.92. The molecule has 1 saturated heterocycles. The van der Waals surface area contributed by atoms with Gasteiger partial charge in [0.15, 0.2) is 0 Å². The summed E-state index contributed by atoms with van der Waals surface area (Å²) in [5.74, 6) is -0.0402. The van der Waals surface area contributed by atoms with E-state index in [9.17, 15) is 9.59 Å². The number of nitrogens with one attached hydrogen (secondary N) is 1. The molecule has 0 atom stereocenters. The predicted octanol–water partition coefficient (Wildman–Crippen LogP) is 2.67. The van der Waals surface area contributed by atoms with Crippen molar-refractivity contribution in [2.24, 2.45) is 0 Å². The predicted molar refractivity (Wildman–Crippen MR) is 117 cm³/mol. The zero-order valence-electron chi connectivity index (χ0n) is 16.5. The fourth-order valence-corrected chi connectivity index (χ4v) is 3.16. The fourth-order valence-electron chi connectivity index (χ4n) is 3.16. The van der Waals surface area contributed by atoms with Crippen LogP contribution < -0.4 is 5.32 Å². The van der Waals surface area contributed by atoms with Crippen molar-refractivity contribution in [1.29, 1.82) is 0 Å². The van der Waals surface area contributed by atoms with Crippen LogP contribution in [0.25, 0.3) is 12.2 Å². The highest BCUT2D eigenvalue weighted by atomic mass is 16.2. The van der Waals surface area contributed by atoms with E-state index in [2.05, 4.69) is 10.2 Å². The third-order valence-corrected chi connectivity index (χ3v) is 4.86. The first kappa shape index (κ1) is 20.6. The van der Waals surface area contributed by atoms with Gasteiger partial charge in [-0.2, -0.15) is 0 Å². The summed E-state index contributed by atoms with van der Waals surface area (Å²) in [5.41, 5.74) is 2.03. The number of amides is 2. The lowest BCUT2D eigenvalue weighted by Gasteiger charge is -2.34. The number of rotatable bonds is 7. The van der Waals surface area contributed by atoms with E-state index >= 15 is 0 Å². The van der Waals surface area contributed by atoms with Gasteiger partial charge < -0.3 is 10.2 Å². The van der Waals surface area contributed by atoms with Crippen molar-refractivity contribution in [3.05, 3.63) is 83.9 Å². The lowest BCUT2D eigenvalue weighted by atomic mass is 10.2.